The topological polar surface area (TPSA) is 96.6 Å². The molecule has 0 aliphatic rings. The first kappa shape index (κ1) is 25.2. The Hall–Kier alpha value is -3.46. The number of benzene rings is 2. The summed E-state index contributed by atoms with van der Waals surface area (Å²) in [4.78, 5) is 19.3. The summed E-state index contributed by atoms with van der Waals surface area (Å²) in [5, 5.41) is -0.114. The van der Waals surface area contributed by atoms with Gasteiger partial charge in [-0.15, -0.1) is 0 Å². The van der Waals surface area contributed by atoms with Gasteiger partial charge >= 0.3 is 5.97 Å². The average Bonchev–Trinajstić information content (AvgIpc) is 2.81. The molecule has 0 spiro atoms. The number of hydrogen-bond acceptors (Lipinski definition) is 7. The summed E-state index contributed by atoms with van der Waals surface area (Å²) < 4.78 is 44.4. The fraction of sp³-hybridized carbons (Fsp3) is 0.292. The van der Waals surface area contributed by atoms with Gasteiger partial charge in [-0.1, -0.05) is 0 Å². The van der Waals surface area contributed by atoms with Crippen molar-refractivity contribution >= 4 is 23.3 Å². The number of halogens is 3. The van der Waals surface area contributed by atoms with Crippen LogP contribution in [0.1, 0.15) is 36.5 Å². The van der Waals surface area contributed by atoms with Gasteiger partial charge in [-0.2, -0.15) is 0 Å². The lowest BCUT2D eigenvalue weighted by atomic mass is 10.1. The molecule has 34 heavy (non-hydrogen) atoms. The number of carbonyl (C=O) groups is 1. The van der Waals surface area contributed by atoms with Crippen LogP contribution in [0, 0.1) is 11.6 Å². The van der Waals surface area contributed by atoms with Crippen LogP contribution < -0.4 is 15.2 Å². The molecule has 1 unspecified atom stereocenters. The van der Waals surface area contributed by atoms with E-state index in [2.05, 4.69) is 9.97 Å². The molecule has 2 aromatic carbocycles. The van der Waals surface area contributed by atoms with E-state index in [9.17, 15) is 13.6 Å². The van der Waals surface area contributed by atoms with Crippen molar-refractivity contribution in [2.45, 2.75) is 32.3 Å². The van der Waals surface area contributed by atoms with Gasteiger partial charge in [-0.05, 0) is 68.1 Å². The van der Waals surface area contributed by atoms with E-state index in [1.54, 1.807) is 18.2 Å². The number of rotatable bonds is 10. The molecule has 0 radical (unpaired) electrons. The van der Waals surface area contributed by atoms with E-state index in [4.69, 9.17) is 31.5 Å². The van der Waals surface area contributed by atoms with E-state index < -0.39 is 17.6 Å². The largest absolute Gasteiger partial charge is 0.490 e. The third kappa shape index (κ3) is 6.54. The molecule has 0 aliphatic heterocycles. The third-order valence-electron chi connectivity index (χ3n) is 4.92. The Kier molecular flexibility index (Phi) is 8.59. The number of methoxy groups -OCH3 is 1. The van der Waals surface area contributed by atoms with Crippen LogP contribution in [0.2, 0.25) is 5.28 Å². The van der Waals surface area contributed by atoms with Gasteiger partial charge < -0.3 is 19.9 Å². The van der Waals surface area contributed by atoms with E-state index >= 15 is 0 Å². The Balaban J connectivity index is 1.52. The molecular formula is C24H24ClF2N3O4. The molecule has 1 aromatic heterocycles. The highest BCUT2D eigenvalue weighted by molar-refractivity contribution is 6.28. The van der Waals surface area contributed by atoms with E-state index in [0.717, 1.165) is 6.20 Å². The third-order valence-corrected chi connectivity index (χ3v) is 5.10. The maximum atomic E-state index is 14.2. The summed E-state index contributed by atoms with van der Waals surface area (Å²) in [5.41, 5.74) is 6.85. The molecular weight excluding hydrogens is 468 g/mol. The highest BCUT2D eigenvalue weighted by atomic mass is 35.5. The summed E-state index contributed by atoms with van der Waals surface area (Å²) in [6, 6.07) is 8.68. The van der Waals surface area contributed by atoms with Crippen LogP contribution >= 0.6 is 11.6 Å². The van der Waals surface area contributed by atoms with Crippen LogP contribution in [0.25, 0.3) is 11.3 Å². The zero-order chi connectivity index (χ0) is 24.7. The van der Waals surface area contributed by atoms with Crippen LogP contribution in [-0.2, 0) is 4.74 Å². The van der Waals surface area contributed by atoms with Gasteiger partial charge in [0, 0.05) is 17.3 Å². The van der Waals surface area contributed by atoms with Crippen molar-refractivity contribution < 1.29 is 27.8 Å². The number of unbranched alkanes of at least 4 members (excludes halogenated alkanes) is 1. The Labute approximate surface area is 200 Å². The number of aromatic nitrogens is 2. The first-order valence-corrected chi connectivity index (χ1v) is 10.9. The Morgan fingerprint density at radius 2 is 1.91 bits per heavy atom. The fourth-order valence-corrected chi connectivity index (χ4v) is 3.35. The lowest BCUT2D eigenvalue weighted by molar-refractivity contribution is 0.0593. The highest BCUT2D eigenvalue weighted by Crippen LogP contribution is 2.28. The van der Waals surface area contributed by atoms with Crippen molar-refractivity contribution in [3.63, 3.8) is 0 Å². The minimum absolute atomic E-state index is 0.0154. The number of hydrogen-bond donors (Lipinski definition) is 1. The number of carbonyl (C=O) groups excluding carboxylic acids is 1. The van der Waals surface area contributed by atoms with Crippen molar-refractivity contribution in [2.75, 3.05) is 19.5 Å². The predicted octanol–water partition coefficient (Wildman–Crippen LogP) is 5.46. The predicted molar refractivity (Wildman–Crippen MR) is 124 cm³/mol. The number of esters is 1. The van der Waals surface area contributed by atoms with Crippen LogP contribution in [0.4, 0.5) is 14.5 Å². The lowest BCUT2D eigenvalue weighted by Gasteiger charge is -2.17. The number of nitrogens with zero attached hydrogens (tertiary/aromatic N) is 2. The van der Waals surface area contributed by atoms with Crippen LogP contribution in [0.15, 0.2) is 42.6 Å². The zero-order valence-electron chi connectivity index (χ0n) is 18.7. The number of nitrogens with two attached hydrogens (primary N) is 1. The van der Waals surface area contributed by atoms with Gasteiger partial charge in [-0.3, -0.25) is 0 Å². The minimum Gasteiger partial charge on any atom is -0.490 e. The van der Waals surface area contributed by atoms with Gasteiger partial charge in [0.2, 0.25) is 5.28 Å². The molecule has 1 heterocycles. The quantitative estimate of drug-likeness (QED) is 0.174. The number of nitrogen functional groups attached to an aromatic ring is 1. The minimum atomic E-state index is -0.675. The van der Waals surface area contributed by atoms with E-state index in [1.165, 1.54) is 25.3 Å². The first-order chi connectivity index (χ1) is 16.3. The summed E-state index contributed by atoms with van der Waals surface area (Å²) >= 11 is 5.74. The van der Waals surface area contributed by atoms with Gasteiger partial charge in [0.05, 0.1) is 26.0 Å². The standard InChI is InChI=1S/C24H24ClF2N3O4/c1-14(34-20-12-16(28)7-8-17(20)23(31)32-2)5-3-4-10-33-21-11-15(6-9-18(21)26)22-19(27)13-29-24(25)30-22/h6-9,11-14H,3-5,10,28H2,1-2H3. The van der Waals surface area contributed by atoms with Crippen molar-refractivity contribution in [1.82, 2.24) is 9.97 Å². The fourth-order valence-electron chi connectivity index (χ4n) is 3.22. The van der Waals surface area contributed by atoms with Crippen molar-refractivity contribution in [2.24, 2.45) is 0 Å². The van der Waals surface area contributed by atoms with Crippen LogP contribution in [0.3, 0.4) is 0 Å². The van der Waals surface area contributed by atoms with Crippen LogP contribution in [0.5, 0.6) is 11.5 Å². The Morgan fingerprint density at radius 1 is 1.12 bits per heavy atom. The SMILES string of the molecule is COC(=O)c1ccc(N)cc1OC(C)CCCCOc1cc(-c2nc(Cl)ncc2F)ccc1F. The van der Waals surface area contributed by atoms with Crippen molar-refractivity contribution in [1.29, 1.82) is 0 Å². The number of anilines is 1. The van der Waals surface area contributed by atoms with Gasteiger partial charge in [0.1, 0.15) is 17.0 Å². The lowest BCUT2D eigenvalue weighted by Crippen LogP contribution is -2.15. The summed E-state index contributed by atoms with van der Waals surface area (Å²) in [6.07, 6.45) is 2.73. The molecule has 3 aromatic rings. The molecule has 2 N–H and O–H groups in total. The second-order valence-corrected chi connectivity index (χ2v) is 7.84. The summed E-state index contributed by atoms with van der Waals surface area (Å²) in [7, 11) is 1.30. The maximum Gasteiger partial charge on any atom is 0.341 e. The molecule has 0 saturated heterocycles. The zero-order valence-corrected chi connectivity index (χ0v) is 19.4. The molecule has 0 fully saturated rings. The Morgan fingerprint density at radius 3 is 2.68 bits per heavy atom. The van der Waals surface area contributed by atoms with E-state index in [1.807, 2.05) is 6.92 Å². The molecule has 7 nitrogen and oxygen atoms in total. The molecule has 0 bridgehead atoms. The normalized spacial score (nSPS) is 11.7. The summed E-state index contributed by atoms with van der Waals surface area (Å²) in [5.74, 6) is -1.42. The van der Waals surface area contributed by atoms with Crippen LogP contribution in [-0.4, -0.2) is 35.8 Å². The smallest absolute Gasteiger partial charge is 0.341 e. The second-order valence-electron chi connectivity index (χ2n) is 7.50. The molecule has 3 rings (SSSR count). The van der Waals surface area contributed by atoms with Crippen molar-refractivity contribution in [3.8, 4) is 22.8 Å². The average molecular weight is 492 g/mol. The molecule has 0 amide bonds. The maximum absolute atomic E-state index is 14.2. The van der Waals surface area contributed by atoms with Gasteiger partial charge in [0.15, 0.2) is 17.4 Å². The molecule has 0 aliphatic carbocycles. The molecule has 0 saturated carbocycles. The number of ether oxygens (including phenoxy) is 3. The molecule has 1 atom stereocenters. The van der Waals surface area contributed by atoms with E-state index in [-0.39, 0.29) is 29.4 Å². The molecule has 10 heteroatoms. The first-order valence-electron chi connectivity index (χ1n) is 10.5. The molecule has 180 valence electrons. The monoisotopic (exact) mass is 491 g/mol. The summed E-state index contributed by atoms with van der Waals surface area (Å²) in [6.45, 7) is 2.11. The van der Waals surface area contributed by atoms with Crippen molar-refractivity contribution in [3.05, 3.63) is 65.1 Å². The van der Waals surface area contributed by atoms with E-state index in [0.29, 0.717) is 41.8 Å². The highest BCUT2D eigenvalue weighted by Gasteiger charge is 2.16. The Bertz CT molecular complexity index is 1160. The van der Waals surface area contributed by atoms with Gasteiger partial charge in [-0.25, -0.2) is 23.5 Å². The second kappa shape index (κ2) is 11.6. The van der Waals surface area contributed by atoms with Gasteiger partial charge in [0.25, 0.3) is 0 Å².